The van der Waals surface area contributed by atoms with Crippen LogP contribution in [0.15, 0.2) is 48.5 Å². The maximum atomic E-state index is 12.5. The molecule has 0 aromatic heterocycles. The summed E-state index contributed by atoms with van der Waals surface area (Å²) in [6.07, 6.45) is 0.739. The average Bonchev–Trinajstić information content (AvgIpc) is 2.64. The molecule has 0 bridgehead atoms. The fourth-order valence-corrected chi connectivity index (χ4v) is 3.03. The van der Waals surface area contributed by atoms with E-state index in [-0.39, 0.29) is 11.9 Å². The van der Waals surface area contributed by atoms with E-state index in [2.05, 4.69) is 22.8 Å². The Bertz CT molecular complexity index is 700. The Kier molecular flexibility index (Phi) is 5.62. The topological polar surface area (TPSA) is 50.4 Å². The van der Waals surface area contributed by atoms with Crippen molar-refractivity contribution in [1.29, 1.82) is 0 Å². The second-order valence-electron chi connectivity index (χ2n) is 6.03. The minimum Gasteiger partial charge on any atom is -0.377 e. The standard InChI is InChI=1S/C20H24N2O2/c1-2-24-14-18-10-6-5-9-17(18)13-22-20(23)19-11-15-7-3-4-8-16(15)12-21-19/h3-10,19,21H,2,11-14H2,1H3,(H,22,23). The molecule has 2 N–H and O–H groups in total. The minimum absolute atomic E-state index is 0.0516. The predicted molar refractivity (Wildman–Crippen MR) is 94.4 cm³/mol. The summed E-state index contributed by atoms with van der Waals surface area (Å²) in [4.78, 5) is 12.5. The Labute approximate surface area is 143 Å². The van der Waals surface area contributed by atoms with Gasteiger partial charge in [-0.1, -0.05) is 48.5 Å². The molecule has 0 saturated carbocycles. The van der Waals surface area contributed by atoms with Gasteiger partial charge in [-0.2, -0.15) is 0 Å². The van der Waals surface area contributed by atoms with E-state index in [9.17, 15) is 4.79 Å². The van der Waals surface area contributed by atoms with Crippen LogP contribution in [-0.2, 0) is 35.6 Å². The number of ether oxygens (including phenoxy) is 1. The molecule has 4 nitrogen and oxygen atoms in total. The van der Waals surface area contributed by atoms with Gasteiger partial charge in [0.25, 0.3) is 0 Å². The molecule has 126 valence electrons. The first kappa shape index (κ1) is 16.7. The van der Waals surface area contributed by atoms with Gasteiger partial charge in [-0.05, 0) is 35.6 Å². The van der Waals surface area contributed by atoms with Crippen LogP contribution in [0, 0.1) is 0 Å². The van der Waals surface area contributed by atoms with Crippen LogP contribution in [0.1, 0.15) is 29.2 Å². The van der Waals surface area contributed by atoms with Crippen LogP contribution in [0.2, 0.25) is 0 Å². The molecule has 2 aromatic carbocycles. The van der Waals surface area contributed by atoms with Gasteiger partial charge in [0.15, 0.2) is 0 Å². The van der Waals surface area contributed by atoms with E-state index >= 15 is 0 Å². The van der Waals surface area contributed by atoms with E-state index in [1.165, 1.54) is 11.1 Å². The zero-order valence-corrected chi connectivity index (χ0v) is 14.0. The lowest BCUT2D eigenvalue weighted by Crippen LogP contribution is -2.47. The number of carbonyl (C=O) groups excluding carboxylic acids is 1. The molecule has 0 saturated heterocycles. The summed E-state index contributed by atoms with van der Waals surface area (Å²) in [6, 6.07) is 16.2. The summed E-state index contributed by atoms with van der Waals surface area (Å²) in [5.41, 5.74) is 4.77. The van der Waals surface area contributed by atoms with Crippen molar-refractivity contribution < 1.29 is 9.53 Å². The van der Waals surface area contributed by atoms with Crippen molar-refractivity contribution in [3.63, 3.8) is 0 Å². The molecule has 3 rings (SSSR count). The third-order valence-corrected chi connectivity index (χ3v) is 4.43. The van der Waals surface area contributed by atoms with Crippen LogP contribution >= 0.6 is 0 Å². The van der Waals surface area contributed by atoms with Crippen molar-refractivity contribution in [1.82, 2.24) is 10.6 Å². The van der Waals surface area contributed by atoms with E-state index < -0.39 is 0 Å². The molecule has 1 atom stereocenters. The van der Waals surface area contributed by atoms with Gasteiger partial charge in [0, 0.05) is 19.7 Å². The molecule has 1 heterocycles. The summed E-state index contributed by atoms with van der Waals surface area (Å²) < 4.78 is 5.50. The Morgan fingerprint density at radius 3 is 2.62 bits per heavy atom. The molecule has 4 heteroatoms. The summed E-state index contributed by atoms with van der Waals surface area (Å²) in [5, 5.41) is 6.38. The zero-order valence-electron chi connectivity index (χ0n) is 14.0. The molecule has 0 spiro atoms. The molecular formula is C20H24N2O2. The number of carbonyl (C=O) groups is 1. The second kappa shape index (κ2) is 8.08. The number of nitrogens with one attached hydrogen (secondary N) is 2. The average molecular weight is 324 g/mol. The van der Waals surface area contributed by atoms with E-state index in [1.54, 1.807) is 0 Å². The number of amides is 1. The number of benzene rings is 2. The normalized spacial score (nSPS) is 16.5. The van der Waals surface area contributed by atoms with E-state index in [0.29, 0.717) is 19.8 Å². The molecule has 0 aliphatic carbocycles. The van der Waals surface area contributed by atoms with Gasteiger partial charge in [0.1, 0.15) is 0 Å². The van der Waals surface area contributed by atoms with Crippen LogP contribution in [0.4, 0.5) is 0 Å². The highest BCUT2D eigenvalue weighted by Crippen LogP contribution is 2.16. The van der Waals surface area contributed by atoms with Gasteiger partial charge in [-0.3, -0.25) is 4.79 Å². The molecule has 1 aliphatic rings. The van der Waals surface area contributed by atoms with E-state index in [0.717, 1.165) is 24.1 Å². The van der Waals surface area contributed by atoms with Crippen molar-refractivity contribution in [2.75, 3.05) is 6.61 Å². The van der Waals surface area contributed by atoms with Crippen molar-refractivity contribution in [2.24, 2.45) is 0 Å². The maximum absolute atomic E-state index is 12.5. The van der Waals surface area contributed by atoms with Crippen LogP contribution < -0.4 is 10.6 Å². The van der Waals surface area contributed by atoms with Gasteiger partial charge in [-0.15, -0.1) is 0 Å². The molecule has 1 unspecified atom stereocenters. The number of fused-ring (bicyclic) bond motifs is 1. The Hall–Kier alpha value is -2.17. The first-order chi connectivity index (χ1) is 11.8. The predicted octanol–water partition coefficient (Wildman–Crippen LogP) is 2.55. The second-order valence-corrected chi connectivity index (χ2v) is 6.03. The van der Waals surface area contributed by atoms with Gasteiger partial charge in [0.05, 0.1) is 12.6 Å². The van der Waals surface area contributed by atoms with E-state index in [4.69, 9.17) is 4.74 Å². The lowest BCUT2D eigenvalue weighted by Gasteiger charge is -2.25. The smallest absolute Gasteiger partial charge is 0.237 e. The lowest BCUT2D eigenvalue weighted by molar-refractivity contribution is -0.123. The van der Waals surface area contributed by atoms with E-state index in [1.807, 2.05) is 43.3 Å². The quantitative estimate of drug-likeness (QED) is 0.858. The molecule has 0 radical (unpaired) electrons. The molecule has 1 amide bonds. The first-order valence-corrected chi connectivity index (χ1v) is 8.50. The Balaban J connectivity index is 1.59. The molecule has 24 heavy (non-hydrogen) atoms. The largest absolute Gasteiger partial charge is 0.377 e. The monoisotopic (exact) mass is 324 g/mol. The number of hydrogen-bond donors (Lipinski definition) is 2. The summed E-state index contributed by atoms with van der Waals surface area (Å²) >= 11 is 0. The van der Waals surface area contributed by atoms with Gasteiger partial charge >= 0.3 is 0 Å². The van der Waals surface area contributed by atoms with Crippen molar-refractivity contribution in [2.45, 2.75) is 39.1 Å². The summed E-state index contributed by atoms with van der Waals surface area (Å²) in [6.45, 7) is 4.53. The zero-order chi connectivity index (χ0) is 16.8. The van der Waals surface area contributed by atoms with Crippen molar-refractivity contribution in [3.05, 3.63) is 70.8 Å². The maximum Gasteiger partial charge on any atom is 0.237 e. The molecule has 0 fully saturated rings. The van der Waals surface area contributed by atoms with Gasteiger partial charge in [-0.25, -0.2) is 0 Å². The first-order valence-electron chi connectivity index (χ1n) is 8.50. The van der Waals surface area contributed by atoms with Gasteiger partial charge < -0.3 is 15.4 Å². The summed E-state index contributed by atoms with van der Waals surface area (Å²) in [7, 11) is 0. The summed E-state index contributed by atoms with van der Waals surface area (Å²) in [5.74, 6) is 0.0516. The van der Waals surface area contributed by atoms with Crippen LogP contribution in [0.3, 0.4) is 0 Å². The Morgan fingerprint density at radius 2 is 1.83 bits per heavy atom. The minimum atomic E-state index is -0.168. The van der Waals surface area contributed by atoms with Crippen molar-refractivity contribution >= 4 is 5.91 Å². The molecule has 2 aromatic rings. The van der Waals surface area contributed by atoms with Crippen LogP contribution in [0.5, 0.6) is 0 Å². The van der Waals surface area contributed by atoms with Crippen molar-refractivity contribution in [3.8, 4) is 0 Å². The third-order valence-electron chi connectivity index (χ3n) is 4.43. The fourth-order valence-electron chi connectivity index (χ4n) is 3.03. The highest BCUT2D eigenvalue weighted by Gasteiger charge is 2.23. The third kappa shape index (κ3) is 4.02. The SMILES string of the molecule is CCOCc1ccccc1CNC(=O)C1Cc2ccccc2CN1. The van der Waals surface area contributed by atoms with Gasteiger partial charge in [0.2, 0.25) is 5.91 Å². The fraction of sp³-hybridized carbons (Fsp3) is 0.350. The molecular weight excluding hydrogens is 300 g/mol. The van der Waals surface area contributed by atoms with Crippen LogP contribution in [-0.4, -0.2) is 18.6 Å². The van der Waals surface area contributed by atoms with Crippen LogP contribution in [0.25, 0.3) is 0 Å². The number of hydrogen-bond acceptors (Lipinski definition) is 3. The lowest BCUT2D eigenvalue weighted by atomic mass is 9.95. The number of rotatable bonds is 6. The highest BCUT2D eigenvalue weighted by molar-refractivity contribution is 5.82. The Morgan fingerprint density at radius 1 is 1.12 bits per heavy atom. The molecule has 1 aliphatic heterocycles. The highest BCUT2D eigenvalue weighted by atomic mass is 16.5.